The first-order valence-corrected chi connectivity index (χ1v) is 13.4. The van der Waals surface area contributed by atoms with Crippen molar-refractivity contribution in [3.8, 4) is 0 Å². The summed E-state index contributed by atoms with van der Waals surface area (Å²) in [4.78, 5) is 47.5. The molecule has 2 saturated heterocycles. The third kappa shape index (κ3) is 3.56. The van der Waals surface area contributed by atoms with Gasteiger partial charge in [-0.05, 0) is 32.4 Å². The molecule has 186 valence electrons. The summed E-state index contributed by atoms with van der Waals surface area (Å²) in [6.07, 6.45) is 8.59. The number of carbonyl (C=O) groups is 3. The van der Waals surface area contributed by atoms with Gasteiger partial charge < -0.3 is 19.8 Å². The number of nitrogens with zero attached hydrogens (tertiary/aromatic N) is 3. The Morgan fingerprint density at radius 2 is 1.80 bits per heavy atom. The van der Waals surface area contributed by atoms with E-state index in [1.54, 1.807) is 26.5 Å². The van der Waals surface area contributed by atoms with E-state index < -0.39 is 28.7 Å². The molecule has 5 rings (SSSR count). The van der Waals surface area contributed by atoms with E-state index >= 15 is 0 Å². The van der Waals surface area contributed by atoms with Crippen molar-refractivity contribution in [1.82, 2.24) is 9.80 Å². The molecule has 0 bridgehead atoms. The zero-order chi connectivity index (χ0) is 24.9. The molecule has 0 radical (unpaired) electrons. The van der Waals surface area contributed by atoms with Gasteiger partial charge >= 0.3 is 0 Å². The molecule has 4 aliphatic rings. The summed E-state index contributed by atoms with van der Waals surface area (Å²) in [5.41, 5.74) is 0.799. The molecule has 0 aromatic heterocycles. The number of benzene rings is 1. The van der Waals surface area contributed by atoms with Gasteiger partial charge in [-0.1, -0.05) is 49.4 Å². The van der Waals surface area contributed by atoms with E-state index in [9.17, 15) is 19.5 Å². The molecule has 1 spiro atoms. The van der Waals surface area contributed by atoms with Crippen LogP contribution in [0.2, 0.25) is 0 Å². The van der Waals surface area contributed by atoms with E-state index in [4.69, 9.17) is 0 Å². The van der Waals surface area contributed by atoms with Crippen LogP contribution in [0.5, 0.6) is 0 Å². The minimum atomic E-state index is -0.852. The Labute approximate surface area is 210 Å². The Balaban J connectivity index is 1.63. The van der Waals surface area contributed by atoms with Gasteiger partial charge in [0.1, 0.15) is 6.04 Å². The number of para-hydroxylation sites is 1. The van der Waals surface area contributed by atoms with Gasteiger partial charge in [-0.2, -0.15) is 0 Å². The SMILES string of the molecule is CC[C@@H](CO)N1C(=O)[C@@H]2[C@H]3C(=O)N(c4ccccc4)CC=C[C@H]3S[C@@]23C=CCN(C(C)C)C(=O)C13. The molecule has 6 atom stereocenters. The number of amides is 3. The van der Waals surface area contributed by atoms with Crippen molar-refractivity contribution in [2.24, 2.45) is 11.8 Å². The van der Waals surface area contributed by atoms with Crippen LogP contribution in [0, 0.1) is 11.8 Å². The van der Waals surface area contributed by atoms with E-state index in [0.717, 1.165) is 5.69 Å². The molecule has 3 amide bonds. The van der Waals surface area contributed by atoms with Crippen molar-refractivity contribution in [3.05, 3.63) is 54.6 Å². The highest BCUT2D eigenvalue weighted by Gasteiger charge is 2.71. The van der Waals surface area contributed by atoms with E-state index in [-0.39, 0.29) is 35.6 Å². The molecular weight excluding hydrogens is 462 g/mol. The van der Waals surface area contributed by atoms with Crippen LogP contribution >= 0.6 is 11.8 Å². The number of fused-ring (bicyclic) bond motifs is 2. The van der Waals surface area contributed by atoms with Crippen molar-refractivity contribution < 1.29 is 19.5 Å². The quantitative estimate of drug-likeness (QED) is 0.635. The van der Waals surface area contributed by atoms with Crippen LogP contribution in [0.3, 0.4) is 0 Å². The van der Waals surface area contributed by atoms with Gasteiger partial charge in [-0.3, -0.25) is 14.4 Å². The fraction of sp³-hybridized carbons (Fsp3) is 0.519. The predicted molar refractivity (Wildman–Crippen MR) is 137 cm³/mol. The first kappa shape index (κ1) is 24.1. The van der Waals surface area contributed by atoms with E-state index in [1.807, 2.05) is 75.4 Å². The first-order valence-electron chi connectivity index (χ1n) is 12.5. The zero-order valence-electron chi connectivity index (χ0n) is 20.4. The van der Waals surface area contributed by atoms with Gasteiger partial charge in [0.15, 0.2) is 0 Å². The summed E-state index contributed by atoms with van der Waals surface area (Å²) in [7, 11) is 0. The van der Waals surface area contributed by atoms with Crippen LogP contribution in [0.15, 0.2) is 54.6 Å². The number of anilines is 1. The van der Waals surface area contributed by atoms with Crippen LogP contribution in [-0.2, 0) is 14.4 Å². The summed E-state index contributed by atoms with van der Waals surface area (Å²) in [6.45, 7) is 6.56. The van der Waals surface area contributed by atoms with E-state index in [1.165, 1.54) is 0 Å². The highest BCUT2D eigenvalue weighted by molar-refractivity contribution is 8.02. The number of hydrogen-bond donors (Lipinski definition) is 1. The summed E-state index contributed by atoms with van der Waals surface area (Å²) < 4.78 is -0.852. The molecule has 4 aliphatic heterocycles. The molecule has 4 heterocycles. The predicted octanol–water partition coefficient (Wildman–Crippen LogP) is 2.46. The Morgan fingerprint density at radius 3 is 2.46 bits per heavy atom. The van der Waals surface area contributed by atoms with Crippen molar-refractivity contribution in [3.63, 3.8) is 0 Å². The molecule has 35 heavy (non-hydrogen) atoms. The lowest BCUT2D eigenvalue weighted by Crippen LogP contribution is -2.57. The smallest absolute Gasteiger partial charge is 0.247 e. The molecular formula is C27H33N3O4S. The summed E-state index contributed by atoms with van der Waals surface area (Å²) in [5, 5.41) is 9.98. The number of aliphatic hydroxyl groups is 1. The summed E-state index contributed by atoms with van der Waals surface area (Å²) >= 11 is 1.57. The third-order valence-corrected chi connectivity index (χ3v) is 9.64. The number of thioether (sulfide) groups is 1. The highest BCUT2D eigenvalue weighted by atomic mass is 32.2. The summed E-state index contributed by atoms with van der Waals surface area (Å²) in [5.74, 6) is -1.64. The maximum atomic E-state index is 14.2. The normalized spacial score (nSPS) is 33.1. The molecule has 7 nitrogen and oxygen atoms in total. The van der Waals surface area contributed by atoms with Gasteiger partial charge in [0.05, 0.1) is 29.2 Å². The van der Waals surface area contributed by atoms with Crippen LogP contribution < -0.4 is 4.90 Å². The van der Waals surface area contributed by atoms with E-state index in [2.05, 4.69) is 0 Å². The molecule has 0 saturated carbocycles. The maximum absolute atomic E-state index is 14.2. The number of aliphatic hydroxyl groups excluding tert-OH is 1. The van der Waals surface area contributed by atoms with Crippen molar-refractivity contribution in [1.29, 1.82) is 0 Å². The fourth-order valence-corrected chi connectivity index (χ4v) is 8.20. The maximum Gasteiger partial charge on any atom is 0.247 e. The van der Waals surface area contributed by atoms with Crippen LogP contribution in [-0.4, -0.2) is 80.4 Å². The van der Waals surface area contributed by atoms with Gasteiger partial charge in [-0.25, -0.2) is 0 Å². The number of rotatable bonds is 5. The fourth-order valence-electron chi connectivity index (χ4n) is 6.21. The second-order valence-corrected chi connectivity index (χ2v) is 11.5. The van der Waals surface area contributed by atoms with Gasteiger partial charge in [0.25, 0.3) is 0 Å². The monoisotopic (exact) mass is 495 g/mol. The Bertz CT molecular complexity index is 1070. The standard InChI is InChI=1S/C27H33N3O4S/c1-4-18(16-31)30-23-26(34)28(17(2)3)15-9-13-27(23)22(25(30)33)21-20(35-27)12-8-14-29(24(21)32)19-10-6-5-7-11-19/h5-13,17-18,20-23,31H,4,14-16H2,1-3H3/t18-,20+,21-,22-,23?,27-/m0/s1. The second kappa shape index (κ2) is 9.13. The third-order valence-electron chi connectivity index (χ3n) is 7.89. The molecule has 2 fully saturated rings. The Morgan fingerprint density at radius 1 is 1.06 bits per heavy atom. The highest BCUT2D eigenvalue weighted by Crippen LogP contribution is 2.61. The Hall–Kier alpha value is -2.58. The zero-order valence-corrected chi connectivity index (χ0v) is 21.2. The number of hydrogen-bond acceptors (Lipinski definition) is 5. The summed E-state index contributed by atoms with van der Waals surface area (Å²) in [6, 6.07) is 8.28. The van der Waals surface area contributed by atoms with Gasteiger partial charge in [-0.15, -0.1) is 11.8 Å². The lowest BCUT2D eigenvalue weighted by atomic mass is 9.78. The lowest BCUT2D eigenvalue weighted by molar-refractivity contribution is -0.146. The first-order chi connectivity index (χ1) is 16.9. The van der Waals surface area contributed by atoms with Gasteiger partial charge in [0, 0.05) is 30.1 Å². The van der Waals surface area contributed by atoms with Crippen molar-refractivity contribution >= 4 is 35.2 Å². The van der Waals surface area contributed by atoms with Crippen LogP contribution in [0.1, 0.15) is 27.2 Å². The molecule has 1 N–H and O–H groups in total. The Kier molecular flexibility index (Phi) is 6.30. The van der Waals surface area contributed by atoms with Crippen LogP contribution in [0.4, 0.5) is 5.69 Å². The molecule has 1 aromatic rings. The minimum absolute atomic E-state index is 0.0283. The molecule has 1 aromatic carbocycles. The average Bonchev–Trinajstić information content (AvgIpc) is 3.16. The molecule has 8 heteroatoms. The van der Waals surface area contributed by atoms with Crippen LogP contribution in [0.25, 0.3) is 0 Å². The van der Waals surface area contributed by atoms with Gasteiger partial charge in [0.2, 0.25) is 17.7 Å². The molecule has 0 aliphatic carbocycles. The average molecular weight is 496 g/mol. The largest absolute Gasteiger partial charge is 0.394 e. The lowest BCUT2D eigenvalue weighted by Gasteiger charge is -2.39. The van der Waals surface area contributed by atoms with Crippen molar-refractivity contribution in [2.75, 3.05) is 24.6 Å². The van der Waals surface area contributed by atoms with E-state index in [0.29, 0.717) is 19.5 Å². The van der Waals surface area contributed by atoms with Crippen molar-refractivity contribution in [2.45, 2.75) is 55.3 Å². The number of likely N-dealkylation sites (tertiary alicyclic amines) is 1. The molecule has 1 unspecified atom stereocenters. The minimum Gasteiger partial charge on any atom is -0.394 e. The topological polar surface area (TPSA) is 81.2 Å². The second-order valence-electron chi connectivity index (χ2n) is 10.0. The number of carbonyl (C=O) groups excluding carboxylic acids is 3.